The Morgan fingerprint density at radius 2 is 2.10 bits per heavy atom. The van der Waals surface area contributed by atoms with Crippen molar-refractivity contribution in [3.63, 3.8) is 0 Å². The Labute approximate surface area is 125 Å². The number of carbonyl (C=O) groups excluding carboxylic acids is 3. The minimum Gasteiger partial charge on any atom is -0.399 e. The van der Waals surface area contributed by atoms with Gasteiger partial charge in [0.05, 0.1) is 6.54 Å². The molecule has 1 aromatic carbocycles. The predicted molar refractivity (Wildman–Crippen MR) is 75.8 cm³/mol. The number of carbonyl (C=O) groups is 3. The van der Waals surface area contributed by atoms with Gasteiger partial charge in [0.25, 0.3) is 11.8 Å². The zero-order valence-electron chi connectivity index (χ0n) is 11.0. The first-order chi connectivity index (χ1) is 9.89. The monoisotopic (exact) mass is 308 g/mol. The van der Waals surface area contributed by atoms with E-state index in [0.717, 1.165) is 0 Å². The second kappa shape index (κ2) is 4.63. The zero-order chi connectivity index (χ0) is 15.2. The van der Waals surface area contributed by atoms with Gasteiger partial charge in [0.1, 0.15) is 5.54 Å². The number of rotatable bonds is 1. The molecule has 0 bridgehead atoms. The summed E-state index contributed by atoms with van der Waals surface area (Å²) in [6.45, 7) is 0.509. The fourth-order valence-electron chi connectivity index (χ4n) is 2.72. The van der Waals surface area contributed by atoms with E-state index in [1.54, 1.807) is 6.07 Å². The second-order valence-corrected chi connectivity index (χ2v) is 5.68. The van der Waals surface area contributed by atoms with Crippen molar-refractivity contribution >= 4 is 35.1 Å². The molecule has 2 heterocycles. The van der Waals surface area contributed by atoms with Crippen LogP contribution in [0.1, 0.15) is 16.8 Å². The molecule has 4 amide bonds. The van der Waals surface area contributed by atoms with E-state index in [-0.39, 0.29) is 12.5 Å². The molecule has 0 aliphatic carbocycles. The number of amides is 4. The molecule has 21 heavy (non-hydrogen) atoms. The van der Waals surface area contributed by atoms with Gasteiger partial charge in [-0.2, -0.15) is 0 Å². The number of imide groups is 1. The minimum absolute atomic E-state index is 0.135. The summed E-state index contributed by atoms with van der Waals surface area (Å²) >= 11 is 5.89. The number of hydrogen-bond donors (Lipinski definition) is 3. The van der Waals surface area contributed by atoms with Crippen molar-refractivity contribution in [1.82, 2.24) is 15.5 Å². The highest BCUT2D eigenvalue weighted by molar-refractivity contribution is 6.31. The lowest BCUT2D eigenvalue weighted by molar-refractivity contribution is -0.123. The molecule has 1 atom stereocenters. The summed E-state index contributed by atoms with van der Waals surface area (Å²) in [5, 5.41) is 5.17. The molecule has 1 spiro atoms. The molecule has 1 unspecified atom stereocenters. The number of urea groups is 1. The van der Waals surface area contributed by atoms with E-state index in [1.165, 1.54) is 17.0 Å². The van der Waals surface area contributed by atoms with Crippen molar-refractivity contribution < 1.29 is 14.4 Å². The number of nitrogens with two attached hydrogens (primary N) is 1. The molecule has 110 valence electrons. The van der Waals surface area contributed by atoms with Crippen LogP contribution >= 0.6 is 11.6 Å². The summed E-state index contributed by atoms with van der Waals surface area (Å²) in [4.78, 5) is 37.1. The Bertz CT molecular complexity index is 643. The van der Waals surface area contributed by atoms with Crippen molar-refractivity contribution in [2.45, 2.75) is 12.0 Å². The molecule has 0 aromatic heterocycles. The van der Waals surface area contributed by atoms with Crippen molar-refractivity contribution in [1.29, 1.82) is 0 Å². The van der Waals surface area contributed by atoms with Gasteiger partial charge >= 0.3 is 6.03 Å². The van der Waals surface area contributed by atoms with Crippen LogP contribution in [0.25, 0.3) is 0 Å². The van der Waals surface area contributed by atoms with Gasteiger partial charge in [0.15, 0.2) is 0 Å². The summed E-state index contributed by atoms with van der Waals surface area (Å²) in [6.07, 6.45) is 0.381. The van der Waals surface area contributed by atoms with Crippen molar-refractivity contribution in [3.8, 4) is 0 Å². The number of nitrogens with zero attached hydrogens (tertiary/aromatic N) is 1. The first-order valence-corrected chi connectivity index (χ1v) is 6.76. The molecule has 7 nitrogen and oxygen atoms in total. The van der Waals surface area contributed by atoms with E-state index in [9.17, 15) is 14.4 Å². The van der Waals surface area contributed by atoms with E-state index < -0.39 is 17.5 Å². The lowest BCUT2D eigenvalue weighted by Gasteiger charge is -2.21. The van der Waals surface area contributed by atoms with Gasteiger partial charge in [0, 0.05) is 22.8 Å². The highest BCUT2D eigenvalue weighted by atomic mass is 35.5. The second-order valence-electron chi connectivity index (χ2n) is 5.24. The zero-order valence-corrected chi connectivity index (χ0v) is 11.7. The third kappa shape index (κ3) is 2.29. The number of nitrogens with one attached hydrogen (secondary N) is 2. The van der Waals surface area contributed by atoms with Gasteiger partial charge in [-0.1, -0.05) is 11.6 Å². The molecule has 4 N–H and O–H groups in total. The normalized spacial score (nSPS) is 24.3. The largest absolute Gasteiger partial charge is 0.399 e. The van der Waals surface area contributed by atoms with Crippen LogP contribution in [0.4, 0.5) is 10.5 Å². The van der Waals surface area contributed by atoms with Crippen LogP contribution in [0.5, 0.6) is 0 Å². The Morgan fingerprint density at radius 1 is 1.33 bits per heavy atom. The molecule has 2 aliphatic rings. The highest BCUT2D eigenvalue weighted by Crippen LogP contribution is 2.27. The standard InChI is InChI=1S/C13H13ClN4O3/c14-8-3-7(4-9(15)5-8)10(19)18-2-1-13(6-18)11(20)16-12(21)17-13/h3-5H,1-2,6,15H2,(H2,16,17,20,21). The van der Waals surface area contributed by atoms with Crippen LogP contribution in [0, 0.1) is 0 Å². The fourth-order valence-corrected chi connectivity index (χ4v) is 2.96. The number of nitrogen functional groups attached to an aromatic ring is 1. The van der Waals surface area contributed by atoms with Crippen LogP contribution in [0.15, 0.2) is 18.2 Å². The Kier molecular flexibility index (Phi) is 3.02. The molecule has 8 heteroatoms. The van der Waals surface area contributed by atoms with Crippen LogP contribution < -0.4 is 16.4 Å². The van der Waals surface area contributed by atoms with Crippen LogP contribution in [0.2, 0.25) is 5.02 Å². The first-order valence-electron chi connectivity index (χ1n) is 6.39. The van der Waals surface area contributed by atoms with Crippen molar-refractivity contribution in [3.05, 3.63) is 28.8 Å². The number of hydrogen-bond acceptors (Lipinski definition) is 4. The maximum Gasteiger partial charge on any atom is 0.322 e. The fraction of sp³-hybridized carbons (Fsp3) is 0.308. The summed E-state index contributed by atoms with van der Waals surface area (Å²) in [5.74, 6) is -0.663. The lowest BCUT2D eigenvalue weighted by atomic mass is 9.99. The Morgan fingerprint density at radius 3 is 2.71 bits per heavy atom. The number of halogens is 1. The molecule has 0 saturated carbocycles. The van der Waals surface area contributed by atoms with Gasteiger partial charge in [-0.15, -0.1) is 0 Å². The molecule has 2 fully saturated rings. The summed E-state index contributed by atoms with van der Waals surface area (Å²) in [6, 6.07) is 4.08. The van der Waals surface area contributed by atoms with Gasteiger partial charge in [-0.3, -0.25) is 14.9 Å². The molecule has 1 aromatic rings. The van der Waals surface area contributed by atoms with E-state index in [2.05, 4.69) is 10.6 Å². The predicted octanol–water partition coefficient (Wildman–Crippen LogP) is 0.346. The smallest absolute Gasteiger partial charge is 0.322 e. The molecular formula is C13H13ClN4O3. The summed E-state index contributed by atoms with van der Waals surface area (Å²) in [5.41, 5.74) is 5.42. The van der Waals surface area contributed by atoms with Crippen molar-refractivity contribution in [2.24, 2.45) is 0 Å². The number of anilines is 1. The lowest BCUT2D eigenvalue weighted by Crippen LogP contribution is -2.49. The maximum absolute atomic E-state index is 12.4. The Balaban J connectivity index is 1.81. The van der Waals surface area contributed by atoms with Crippen LogP contribution in [0.3, 0.4) is 0 Å². The summed E-state index contributed by atoms with van der Waals surface area (Å²) < 4.78 is 0. The van der Waals surface area contributed by atoms with Crippen LogP contribution in [-0.4, -0.2) is 41.4 Å². The van der Waals surface area contributed by atoms with Crippen molar-refractivity contribution in [2.75, 3.05) is 18.8 Å². The van der Waals surface area contributed by atoms with E-state index in [4.69, 9.17) is 17.3 Å². The Hall–Kier alpha value is -2.28. The molecule has 2 saturated heterocycles. The first kappa shape index (κ1) is 13.7. The van der Waals surface area contributed by atoms with Gasteiger partial charge < -0.3 is 16.0 Å². The maximum atomic E-state index is 12.4. The number of benzene rings is 1. The minimum atomic E-state index is -1.02. The van der Waals surface area contributed by atoms with Gasteiger partial charge in [0.2, 0.25) is 0 Å². The topological polar surface area (TPSA) is 105 Å². The summed E-state index contributed by atoms with van der Waals surface area (Å²) in [7, 11) is 0. The average Bonchev–Trinajstić information content (AvgIpc) is 2.93. The average molecular weight is 309 g/mol. The molecular weight excluding hydrogens is 296 g/mol. The number of likely N-dealkylation sites (tertiary alicyclic amines) is 1. The van der Waals surface area contributed by atoms with E-state index in [0.29, 0.717) is 29.2 Å². The third-order valence-electron chi connectivity index (χ3n) is 3.74. The molecule has 2 aliphatic heterocycles. The third-order valence-corrected chi connectivity index (χ3v) is 3.96. The molecule has 3 rings (SSSR count). The quantitative estimate of drug-likeness (QED) is 0.514. The molecule has 0 radical (unpaired) electrons. The van der Waals surface area contributed by atoms with Gasteiger partial charge in [-0.05, 0) is 24.6 Å². The highest BCUT2D eigenvalue weighted by Gasteiger charge is 2.51. The van der Waals surface area contributed by atoms with Crippen LogP contribution in [-0.2, 0) is 4.79 Å². The SMILES string of the molecule is Nc1cc(Cl)cc(C(=O)N2CCC3(C2)NC(=O)NC3=O)c1. The van der Waals surface area contributed by atoms with E-state index >= 15 is 0 Å². The van der Waals surface area contributed by atoms with Gasteiger partial charge in [-0.25, -0.2) is 4.79 Å². The van der Waals surface area contributed by atoms with E-state index in [1.807, 2.05) is 0 Å².